The molecule has 2 aliphatic rings. The molecule has 2 atom stereocenters. The lowest BCUT2D eigenvalue weighted by Gasteiger charge is -2.41. The number of unbranched alkanes of at least 4 members (excludes halogenated alkanes) is 3. The number of likely N-dealkylation sites (tertiary alicyclic amines) is 1. The predicted molar refractivity (Wildman–Crippen MR) is 83.5 cm³/mol. The standard InChI is InChI=1S/C17H34N2/c1-2-3-4-7-11-18-12-14-19-13-10-16-8-5-6-9-17(16)15-19/h16-18H,2-15H2,1H3. The second-order valence-electron chi connectivity index (χ2n) is 6.70. The highest BCUT2D eigenvalue weighted by Gasteiger charge is 2.30. The third-order valence-electron chi connectivity index (χ3n) is 5.19. The first-order valence-electron chi connectivity index (χ1n) is 8.83. The molecule has 0 bridgehead atoms. The van der Waals surface area contributed by atoms with Crippen molar-refractivity contribution in [1.29, 1.82) is 0 Å². The highest BCUT2D eigenvalue weighted by atomic mass is 15.1. The van der Waals surface area contributed by atoms with Gasteiger partial charge < -0.3 is 10.2 Å². The minimum absolute atomic E-state index is 1.03. The molecule has 1 saturated carbocycles. The summed E-state index contributed by atoms with van der Waals surface area (Å²) in [5, 5.41) is 3.62. The molecule has 2 heteroatoms. The minimum atomic E-state index is 1.03. The quantitative estimate of drug-likeness (QED) is 0.674. The maximum absolute atomic E-state index is 3.62. The molecule has 0 aromatic rings. The Morgan fingerprint density at radius 2 is 1.79 bits per heavy atom. The van der Waals surface area contributed by atoms with Crippen LogP contribution in [0.5, 0.6) is 0 Å². The van der Waals surface area contributed by atoms with Crippen LogP contribution < -0.4 is 5.32 Å². The third-order valence-corrected chi connectivity index (χ3v) is 5.19. The van der Waals surface area contributed by atoms with E-state index in [0.717, 1.165) is 11.8 Å². The van der Waals surface area contributed by atoms with Crippen LogP contribution in [0.1, 0.15) is 64.7 Å². The first-order valence-corrected chi connectivity index (χ1v) is 8.83. The van der Waals surface area contributed by atoms with E-state index in [0.29, 0.717) is 0 Å². The molecule has 1 aliphatic carbocycles. The van der Waals surface area contributed by atoms with Crippen molar-refractivity contribution in [3.05, 3.63) is 0 Å². The fourth-order valence-electron chi connectivity index (χ4n) is 3.92. The summed E-state index contributed by atoms with van der Waals surface area (Å²) in [5.74, 6) is 2.11. The van der Waals surface area contributed by atoms with E-state index < -0.39 is 0 Å². The van der Waals surface area contributed by atoms with Crippen LogP contribution in [-0.4, -0.2) is 37.6 Å². The van der Waals surface area contributed by atoms with Crippen molar-refractivity contribution >= 4 is 0 Å². The fourth-order valence-corrected chi connectivity index (χ4v) is 3.92. The molecule has 112 valence electrons. The first-order chi connectivity index (χ1) is 9.40. The molecule has 2 nitrogen and oxygen atoms in total. The number of hydrogen-bond acceptors (Lipinski definition) is 2. The molecule has 2 rings (SSSR count). The van der Waals surface area contributed by atoms with E-state index in [-0.39, 0.29) is 0 Å². The first kappa shape index (κ1) is 15.3. The van der Waals surface area contributed by atoms with Gasteiger partial charge in [0.2, 0.25) is 0 Å². The van der Waals surface area contributed by atoms with Gasteiger partial charge in [-0.1, -0.05) is 45.4 Å². The molecule has 0 amide bonds. The Kier molecular flexibility index (Phi) is 7.23. The van der Waals surface area contributed by atoms with Gasteiger partial charge >= 0.3 is 0 Å². The van der Waals surface area contributed by atoms with E-state index in [1.165, 1.54) is 90.5 Å². The molecule has 0 aromatic heterocycles. The SMILES string of the molecule is CCCCCCNCCN1CCC2CCCCC2C1. The summed E-state index contributed by atoms with van der Waals surface area (Å²) in [4.78, 5) is 2.71. The number of piperidine rings is 1. The molecule has 0 aromatic carbocycles. The van der Waals surface area contributed by atoms with Crippen LogP contribution in [-0.2, 0) is 0 Å². The fraction of sp³-hybridized carbons (Fsp3) is 1.00. The van der Waals surface area contributed by atoms with Gasteiger partial charge in [-0.2, -0.15) is 0 Å². The maximum Gasteiger partial charge on any atom is 0.0107 e. The average Bonchev–Trinajstić information content (AvgIpc) is 2.46. The second-order valence-corrected chi connectivity index (χ2v) is 6.70. The Labute approximate surface area is 120 Å². The number of fused-ring (bicyclic) bond motifs is 1. The molecule has 2 fully saturated rings. The van der Waals surface area contributed by atoms with Gasteiger partial charge in [-0.15, -0.1) is 0 Å². The molecule has 19 heavy (non-hydrogen) atoms. The van der Waals surface area contributed by atoms with Gasteiger partial charge in [0.25, 0.3) is 0 Å². The van der Waals surface area contributed by atoms with E-state index in [4.69, 9.17) is 0 Å². The van der Waals surface area contributed by atoms with Crippen LogP contribution in [0.15, 0.2) is 0 Å². The van der Waals surface area contributed by atoms with Crippen LogP contribution >= 0.6 is 0 Å². The number of rotatable bonds is 8. The van der Waals surface area contributed by atoms with Gasteiger partial charge in [0.15, 0.2) is 0 Å². The lowest BCUT2D eigenvalue weighted by atomic mass is 9.75. The van der Waals surface area contributed by atoms with Crippen molar-refractivity contribution in [2.45, 2.75) is 64.7 Å². The van der Waals surface area contributed by atoms with E-state index in [1.54, 1.807) is 0 Å². The van der Waals surface area contributed by atoms with E-state index in [1.807, 2.05) is 0 Å². The highest BCUT2D eigenvalue weighted by Crippen LogP contribution is 2.35. The summed E-state index contributed by atoms with van der Waals surface area (Å²) >= 11 is 0. The van der Waals surface area contributed by atoms with Gasteiger partial charge in [-0.25, -0.2) is 0 Å². The maximum atomic E-state index is 3.62. The van der Waals surface area contributed by atoms with Crippen LogP contribution in [0.2, 0.25) is 0 Å². The zero-order chi connectivity index (χ0) is 13.3. The largest absolute Gasteiger partial charge is 0.315 e. The summed E-state index contributed by atoms with van der Waals surface area (Å²) < 4.78 is 0. The lowest BCUT2D eigenvalue weighted by molar-refractivity contribution is 0.0876. The summed E-state index contributed by atoms with van der Waals surface area (Å²) in [5.41, 5.74) is 0. The zero-order valence-electron chi connectivity index (χ0n) is 13.0. The molecule has 0 radical (unpaired) electrons. The van der Waals surface area contributed by atoms with Crippen LogP contribution in [0, 0.1) is 11.8 Å². The van der Waals surface area contributed by atoms with Gasteiger partial charge in [0.05, 0.1) is 0 Å². The van der Waals surface area contributed by atoms with Crippen LogP contribution in [0.4, 0.5) is 0 Å². The molecule has 1 heterocycles. The molecule has 1 aliphatic heterocycles. The van der Waals surface area contributed by atoms with Crippen molar-refractivity contribution in [3.8, 4) is 0 Å². The van der Waals surface area contributed by atoms with Crippen molar-refractivity contribution in [1.82, 2.24) is 10.2 Å². The van der Waals surface area contributed by atoms with Crippen molar-refractivity contribution in [2.75, 3.05) is 32.7 Å². The van der Waals surface area contributed by atoms with Gasteiger partial charge in [0, 0.05) is 19.6 Å². The monoisotopic (exact) mass is 266 g/mol. The second kappa shape index (κ2) is 8.97. The van der Waals surface area contributed by atoms with Crippen LogP contribution in [0.25, 0.3) is 0 Å². The van der Waals surface area contributed by atoms with Crippen molar-refractivity contribution < 1.29 is 0 Å². The summed E-state index contributed by atoms with van der Waals surface area (Å²) in [7, 11) is 0. The Bertz CT molecular complexity index is 229. The van der Waals surface area contributed by atoms with E-state index in [2.05, 4.69) is 17.1 Å². The Hall–Kier alpha value is -0.0800. The van der Waals surface area contributed by atoms with E-state index in [9.17, 15) is 0 Å². The Morgan fingerprint density at radius 3 is 2.63 bits per heavy atom. The zero-order valence-corrected chi connectivity index (χ0v) is 13.0. The Morgan fingerprint density at radius 1 is 0.947 bits per heavy atom. The van der Waals surface area contributed by atoms with Gasteiger partial charge in [0.1, 0.15) is 0 Å². The molecule has 0 spiro atoms. The van der Waals surface area contributed by atoms with E-state index >= 15 is 0 Å². The molecular weight excluding hydrogens is 232 g/mol. The summed E-state index contributed by atoms with van der Waals surface area (Å²) in [6.45, 7) is 8.73. The predicted octanol–water partition coefficient (Wildman–Crippen LogP) is 3.67. The van der Waals surface area contributed by atoms with Gasteiger partial charge in [-0.05, 0) is 44.2 Å². The smallest absolute Gasteiger partial charge is 0.0107 e. The molecule has 1 saturated heterocycles. The molecule has 1 N–H and O–H groups in total. The summed E-state index contributed by atoms with van der Waals surface area (Å²) in [6.07, 6.45) is 13.0. The molecular formula is C17H34N2. The van der Waals surface area contributed by atoms with Gasteiger partial charge in [-0.3, -0.25) is 0 Å². The van der Waals surface area contributed by atoms with Crippen molar-refractivity contribution in [2.24, 2.45) is 11.8 Å². The molecule has 2 unspecified atom stereocenters. The Balaban J connectivity index is 1.50. The average molecular weight is 266 g/mol. The normalized spacial score (nSPS) is 28.3. The number of hydrogen-bond donors (Lipinski definition) is 1. The van der Waals surface area contributed by atoms with Crippen molar-refractivity contribution in [3.63, 3.8) is 0 Å². The highest BCUT2D eigenvalue weighted by molar-refractivity contribution is 4.83. The topological polar surface area (TPSA) is 15.3 Å². The number of nitrogens with one attached hydrogen (secondary N) is 1. The van der Waals surface area contributed by atoms with Crippen LogP contribution in [0.3, 0.4) is 0 Å². The lowest BCUT2D eigenvalue weighted by Crippen LogP contribution is -2.44. The minimum Gasteiger partial charge on any atom is -0.315 e. The summed E-state index contributed by atoms with van der Waals surface area (Å²) in [6, 6.07) is 0. The number of nitrogens with zero attached hydrogens (tertiary/aromatic N) is 1. The third kappa shape index (κ3) is 5.43.